The van der Waals surface area contributed by atoms with Crippen LogP contribution in [0.4, 0.5) is 0 Å². The van der Waals surface area contributed by atoms with E-state index in [2.05, 4.69) is 26.8 Å². The molecule has 0 bridgehead atoms. The van der Waals surface area contributed by atoms with E-state index in [0.717, 1.165) is 5.56 Å². The van der Waals surface area contributed by atoms with E-state index < -0.39 is 11.8 Å². The highest BCUT2D eigenvalue weighted by atomic mass is 79.9. The topological polar surface area (TPSA) is 67.4 Å². The lowest BCUT2D eigenvalue weighted by atomic mass is 10.2. The molecule has 0 atom stereocenters. The summed E-state index contributed by atoms with van der Waals surface area (Å²) in [7, 11) is 0. The summed E-state index contributed by atoms with van der Waals surface area (Å²) in [6.45, 7) is 1.71. The first-order chi connectivity index (χ1) is 11.0. The van der Waals surface area contributed by atoms with Crippen molar-refractivity contribution < 1.29 is 14.3 Å². The molecule has 2 aromatic carbocycles. The number of hydrogen-bond donors (Lipinski definition) is 2. The molecule has 2 N–H and O–H groups in total. The average molecular weight is 398 g/mol. The molecular weight excluding hydrogens is 384 g/mol. The van der Waals surface area contributed by atoms with Gasteiger partial charge in [-0.25, -0.2) is 0 Å². The van der Waals surface area contributed by atoms with E-state index in [0.29, 0.717) is 10.2 Å². The minimum atomic E-state index is -0.514. The molecule has 0 aliphatic heterocycles. The van der Waals surface area contributed by atoms with Gasteiger partial charge in [0.25, 0.3) is 11.8 Å². The minimum absolute atomic E-state index is 0.212. The van der Waals surface area contributed by atoms with Crippen LogP contribution in [-0.4, -0.2) is 18.4 Å². The molecule has 0 saturated heterocycles. The van der Waals surface area contributed by atoms with Gasteiger partial charge in [0.15, 0.2) is 6.61 Å². The van der Waals surface area contributed by atoms with Gasteiger partial charge >= 0.3 is 0 Å². The van der Waals surface area contributed by atoms with Gasteiger partial charge in [0.2, 0.25) is 0 Å². The van der Waals surface area contributed by atoms with Crippen molar-refractivity contribution in [3.63, 3.8) is 0 Å². The van der Waals surface area contributed by atoms with Crippen LogP contribution < -0.4 is 15.6 Å². The van der Waals surface area contributed by atoms with Gasteiger partial charge in [0, 0.05) is 4.47 Å². The Morgan fingerprint density at radius 1 is 1.17 bits per heavy atom. The summed E-state index contributed by atoms with van der Waals surface area (Å²) in [5.41, 5.74) is 5.84. The molecule has 2 amide bonds. The number of nitrogens with one attached hydrogen (secondary N) is 2. The number of benzene rings is 2. The molecule has 2 rings (SSSR count). The Bertz CT molecular complexity index is 737. The van der Waals surface area contributed by atoms with Crippen molar-refractivity contribution in [3.8, 4) is 5.75 Å². The number of carbonyl (C=O) groups excluding carboxylic acids is 2. The van der Waals surface area contributed by atoms with Crippen LogP contribution in [0.1, 0.15) is 15.9 Å². The fourth-order valence-electron chi connectivity index (χ4n) is 1.76. The number of rotatable bonds is 4. The number of amides is 2. The zero-order valence-corrected chi connectivity index (χ0v) is 14.6. The standard InChI is InChI=1S/C16H14BrClN2O3/c1-10-3-2-4-12(7-10)23-9-15(21)19-20-16(22)13-8-11(17)5-6-14(13)18/h2-8H,9H2,1H3,(H,19,21)(H,20,22). The van der Waals surface area contributed by atoms with Gasteiger partial charge in [-0.1, -0.05) is 39.7 Å². The average Bonchev–Trinajstić information content (AvgIpc) is 2.53. The molecule has 0 spiro atoms. The summed E-state index contributed by atoms with van der Waals surface area (Å²) >= 11 is 9.20. The van der Waals surface area contributed by atoms with Crippen LogP contribution in [0.2, 0.25) is 5.02 Å². The monoisotopic (exact) mass is 396 g/mol. The van der Waals surface area contributed by atoms with Gasteiger partial charge in [-0.2, -0.15) is 0 Å². The normalized spacial score (nSPS) is 10.0. The highest BCUT2D eigenvalue weighted by molar-refractivity contribution is 9.10. The molecule has 0 unspecified atom stereocenters. The number of halogens is 2. The number of ether oxygens (including phenoxy) is 1. The third-order valence-corrected chi connectivity index (χ3v) is 3.67. The Kier molecular flexibility index (Phi) is 6.01. The van der Waals surface area contributed by atoms with E-state index in [4.69, 9.17) is 16.3 Å². The first-order valence-electron chi connectivity index (χ1n) is 6.69. The molecule has 23 heavy (non-hydrogen) atoms. The number of aryl methyl sites for hydroxylation is 1. The maximum absolute atomic E-state index is 12.0. The summed E-state index contributed by atoms with van der Waals surface area (Å²) in [5.74, 6) is -0.410. The van der Waals surface area contributed by atoms with Crippen molar-refractivity contribution in [2.45, 2.75) is 6.92 Å². The molecule has 0 aromatic heterocycles. The van der Waals surface area contributed by atoms with E-state index in [1.165, 1.54) is 0 Å². The molecule has 0 aliphatic rings. The highest BCUT2D eigenvalue weighted by Gasteiger charge is 2.12. The summed E-state index contributed by atoms with van der Waals surface area (Å²) in [4.78, 5) is 23.7. The predicted octanol–water partition coefficient (Wildman–Crippen LogP) is 3.25. The SMILES string of the molecule is Cc1cccc(OCC(=O)NNC(=O)c2cc(Br)ccc2Cl)c1. The summed E-state index contributed by atoms with van der Waals surface area (Å²) in [5, 5.41) is 0.288. The smallest absolute Gasteiger partial charge is 0.276 e. The second-order valence-electron chi connectivity index (χ2n) is 4.73. The van der Waals surface area contributed by atoms with E-state index in [1.54, 1.807) is 24.3 Å². The summed E-state index contributed by atoms with van der Waals surface area (Å²) < 4.78 is 6.04. The first kappa shape index (κ1) is 17.3. The zero-order valence-electron chi connectivity index (χ0n) is 12.2. The van der Waals surface area contributed by atoms with Crippen LogP contribution in [0.5, 0.6) is 5.75 Å². The van der Waals surface area contributed by atoms with Crippen molar-refractivity contribution in [2.24, 2.45) is 0 Å². The van der Waals surface area contributed by atoms with Gasteiger partial charge in [0.1, 0.15) is 5.75 Å². The molecule has 0 fully saturated rings. The second kappa shape index (κ2) is 7.99. The fraction of sp³-hybridized carbons (Fsp3) is 0.125. The lowest BCUT2D eigenvalue weighted by Crippen LogP contribution is -2.43. The summed E-state index contributed by atoms with van der Waals surface area (Å²) in [6.07, 6.45) is 0. The van der Waals surface area contributed by atoms with Gasteiger partial charge in [-0.15, -0.1) is 0 Å². The van der Waals surface area contributed by atoms with Crippen LogP contribution in [0.15, 0.2) is 46.9 Å². The van der Waals surface area contributed by atoms with Gasteiger partial charge in [-0.05, 0) is 42.8 Å². The Hall–Kier alpha value is -2.05. The van der Waals surface area contributed by atoms with Crippen molar-refractivity contribution in [2.75, 3.05) is 6.61 Å². The van der Waals surface area contributed by atoms with E-state index in [1.807, 2.05) is 25.1 Å². The van der Waals surface area contributed by atoms with Crippen molar-refractivity contribution in [3.05, 3.63) is 63.1 Å². The molecule has 2 aromatic rings. The van der Waals surface area contributed by atoms with Gasteiger partial charge < -0.3 is 4.74 Å². The molecular formula is C16H14BrClN2O3. The van der Waals surface area contributed by atoms with Crippen LogP contribution in [0.25, 0.3) is 0 Å². The lowest BCUT2D eigenvalue weighted by Gasteiger charge is -2.10. The zero-order chi connectivity index (χ0) is 16.8. The number of hydrazine groups is 1. The first-order valence-corrected chi connectivity index (χ1v) is 7.86. The van der Waals surface area contributed by atoms with Crippen LogP contribution in [0.3, 0.4) is 0 Å². The number of carbonyl (C=O) groups is 2. The third kappa shape index (κ3) is 5.26. The molecule has 0 saturated carbocycles. The minimum Gasteiger partial charge on any atom is -0.484 e. The highest BCUT2D eigenvalue weighted by Crippen LogP contribution is 2.20. The maximum atomic E-state index is 12.0. The number of hydrogen-bond acceptors (Lipinski definition) is 3. The molecule has 120 valence electrons. The largest absolute Gasteiger partial charge is 0.484 e. The summed E-state index contributed by atoms with van der Waals surface area (Å²) in [6, 6.07) is 12.2. The van der Waals surface area contributed by atoms with Crippen LogP contribution >= 0.6 is 27.5 Å². The third-order valence-electron chi connectivity index (χ3n) is 2.85. The molecule has 0 heterocycles. The van der Waals surface area contributed by atoms with Gasteiger partial charge in [-0.3, -0.25) is 20.4 Å². The Morgan fingerprint density at radius 2 is 1.96 bits per heavy atom. The van der Waals surface area contributed by atoms with Gasteiger partial charge in [0.05, 0.1) is 10.6 Å². The molecule has 7 heteroatoms. The lowest BCUT2D eigenvalue weighted by molar-refractivity contribution is -0.123. The quantitative estimate of drug-likeness (QED) is 0.778. The molecule has 0 radical (unpaired) electrons. The Morgan fingerprint density at radius 3 is 2.70 bits per heavy atom. The fourth-order valence-corrected chi connectivity index (χ4v) is 2.32. The van der Waals surface area contributed by atoms with Crippen LogP contribution in [0, 0.1) is 6.92 Å². The van der Waals surface area contributed by atoms with Crippen LogP contribution in [-0.2, 0) is 4.79 Å². The van der Waals surface area contributed by atoms with E-state index in [9.17, 15) is 9.59 Å². The van der Waals surface area contributed by atoms with Crippen molar-refractivity contribution >= 4 is 39.3 Å². The Balaban J connectivity index is 1.84. The Labute approximate surface area is 147 Å². The van der Waals surface area contributed by atoms with Crippen molar-refractivity contribution in [1.29, 1.82) is 0 Å². The maximum Gasteiger partial charge on any atom is 0.276 e. The van der Waals surface area contributed by atoms with E-state index >= 15 is 0 Å². The molecule has 5 nitrogen and oxygen atoms in total. The van der Waals surface area contributed by atoms with Crippen molar-refractivity contribution in [1.82, 2.24) is 10.9 Å². The molecule has 0 aliphatic carbocycles. The predicted molar refractivity (Wildman–Crippen MR) is 91.4 cm³/mol. The second-order valence-corrected chi connectivity index (χ2v) is 6.05. The van der Waals surface area contributed by atoms with E-state index in [-0.39, 0.29) is 17.2 Å².